The van der Waals surface area contributed by atoms with Gasteiger partial charge in [0, 0.05) is 6.08 Å². The van der Waals surface area contributed by atoms with Crippen LogP contribution in [-0.4, -0.2) is 29.8 Å². The summed E-state index contributed by atoms with van der Waals surface area (Å²) in [5.74, 6) is -1.06. The van der Waals surface area contributed by atoms with Crippen molar-refractivity contribution in [2.24, 2.45) is 0 Å². The summed E-state index contributed by atoms with van der Waals surface area (Å²) in [5.41, 5.74) is 4.30. The van der Waals surface area contributed by atoms with Gasteiger partial charge in [-0.25, -0.2) is 10.4 Å². The summed E-state index contributed by atoms with van der Waals surface area (Å²) >= 11 is 6.13. The number of carbonyl (C=O) groups is 1. The van der Waals surface area contributed by atoms with Gasteiger partial charge in [-0.1, -0.05) is 60.1 Å². The Kier molecular flexibility index (Phi) is 6.67. The maximum absolute atomic E-state index is 13.3. The van der Waals surface area contributed by atoms with Gasteiger partial charge in [0.25, 0.3) is 5.91 Å². The molecule has 0 radical (unpaired) electrons. The molecule has 1 amide bonds. The SMILES string of the molecule is O=C(COC1=CC(C(F)(F)F)NN1c1ccccc1Cl)Nc1cc(-c2ccccc2)ccc1O. The van der Waals surface area contributed by atoms with Gasteiger partial charge in [0.05, 0.1) is 16.4 Å². The van der Waals surface area contributed by atoms with Gasteiger partial charge in [-0.2, -0.15) is 13.2 Å². The zero-order valence-electron chi connectivity index (χ0n) is 17.5. The van der Waals surface area contributed by atoms with Crippen molar-refractivity contribution in [2.75, 3.05) is 16.9 Å². The van der Waals surface area contributed by atoms with Crippen LogP contribution in [0, 0.1) is 0 Å². The third-order valence-corrected chi connectivity index (χ3v) is 5.29. The van der Waals surface area contributed by atoms with Gasteiger partial charge < -0.3 is 15.2 Å². The van der Waals surface area contributed by atoms with Gasteiger partial charge in [0.2, 0.25) is 5.88 Å². The highest BCUT2D eigenvalue weighted by molar-refractivity contribution is 6.33. The maximum Gasteiger partial charge on any atom is 0.409 e. The number of rotatable bonds is 6. The van der Waals surface area contributed by atoms with Crippen LogP contribution in [0.15, 0.2) is 84.8 Å². The summed E-state index contributed by atoms with van der Waals surface area (Å²) in [5, 5.41) is 13.9. The summed E-state index contributed by atoms with van der Waals surface area (Å²) in [7, 11) is 0. The van der Waals surface area contributed by atoms with Gasteiger partial charge in [0.15, 0.2) is 6.61 Å². The highest BCUT2D eigenvalue weighted by atomic mass is 35.5. The lowest BCUT2D eigenvalue weighted by Crippen LogP contribution is -2.45. The molecule has 3 aromatic rings. The number of nitrogens with zero attached hydrogens (tertiary/aromatic N) is 1. The molecule has 34 heavy (non-hydrogen) atoms. The Balaban J connectivity index is 1.48. The molecule has 6 nitrogen and oxygen atoms in total. The quantitative estimate of drug-likeness (QED) is 0.401. The first-order valence-electron chi connectivity index (χ1n) is 10.1. The Bertz CT molecular complexity index is 1220. The van der Waals surface area contributed by atoms with E-state index in [1.165, 1.54) is 18.2 Å². The smallest absolute Gasteiger partial charge is 0.409 e. The first-order chi connectivity index (χ1) is 16.2. The van der Waals surface area contributed by atoms with Crippen LogP contribution in [-0.2, 0) is 9.53 Å². The largest absolute Gasteiger partial charge is 0.506 e. The summed E-state index contributed by atoms with van der Waals surface area (Å²) in [6.07, 6.45) is -3.76. The van der Waals surface area contributed by atoms with E-state index in [4.69, 9.17) is 16.3 Å². The fourth-order valence-corrected chi connectivity index (χ4v) is 3.55. The van der Waals surface area contributed by atoms with Crippen molar-refractivity contribution < 1.29 is 27.8 Å². The van der Waals surface area contributed by atoms with E-state index < -0.39 is 24.7 Å². The molecule has 0 saturated carbocycles. The number of anilines is 2. The average molecular weight is 490 g/mol. The monoisotopic (exact) mass is 489 g/mol. The number of alkyl halides is 3. The summed E-state index contributed by atoms with van der Waals surface area (Å²) in [4.78, 5) is 12.5. The number of para-hydroxylation sites is 1. The number of hydrogen-bond donors (Lipinski definition) is 3. The lowest BCUT2D eigenvalue weighted by atomic mass is 10.0. The van der Waals surface area contributed by atoms with Crippen molar-refractivity contribution >= 4 is 28.9 Å². The molecule has 1 aliphatic rings. The van der Waals surface area contributed by atoms with E-state index in [0.29, 0.717) is 0 Å². The minimum absolute atomic E-state index is 0.143. The van der Waals surface area contributed by atoms with E-state index in [9.17, 15) is 23.1 Å². The molecular formula is C24H19ClF3N3O3. The molecule has 0 bridgehead atoms. The number of aromatic hydroxyl groups is 1. The number of halogens is 4. The second kappa shape index (κ2) is 9.66. The Labute approximate surface area is 198 Å². The van der Waals surface area contributed by atoms with E-state index in [0.717, 1.165) is 22.2 Å². The van der Waals surface area contributed by atoms with E-state index in [1.54, 1.807) is 24.3 Å². The second-order valence-electron chi connectivity index (χ2n) is 7.37. The highest BCUT2D eigenvalue weighted by Crippen LogP contribution is 2.34. The number of hydrazine groups is 1. The predicted octanol–water partition coefficient (Wildman–Crippen LogP) is 5.46. The van der Waals surface area contributed by atoms with Crippen molar-refractivity contribution in [3.05, 3.63) is 89.8 Å². The van der Waals surface area contributed by atoms with Crippen molar-refractivity contribution in [1.82, 2.24) is 5.43 Å². The van der Waals surface area contributed by atoms with E-state index in [-0.39, 0.29) is 28.0 Å². The molecule has 1 heterocycles. The molecule has 1 unspecified atom stereocenters. The lowest BCUT2D eigenvalue weighted by Gasteiger charge is -2.25. The summed E-state index contributed by atoms with van der Waals surface area (Å²) in [6, 6.07) is 18.3. The lowest BCUT2D eigenvalue weighted by molar-refractivity contribution is -0.142. The topological polar surface area (TPSA) is 73.8 Å². The third-order valence-electron chi connectivity index (χ3n) is 4.97. The third kappa shape index (κ3) is 5.27. The first-order valence-corrected chi connectivity index (χ1v) is 10.5. The van der Waals surface area contributed by atoms with Crippen molar-refractivity contribution in [3.8, 4) is 16.9 Å². The minimum atomic E-state index is -4.59. The number of ether oxygens (including phenoxy) is 1. The molecule has 0 fully saturated rings. The molecule has 4 rings (SSSR count). The van der Waals surface area contributed by atoms with Gasteiger partial charge in [-0.15, -0.1) is 0 Å². The molecule has 0 spiro atoms. The van der Waals surface area contributed by atoms with Crippen LogP contribution >= 0.6 is 11.6 Å². The van der Waals surface area contributed by atoms with Crippen molar-refractivity contribution in [1.29, 1.82) is 0 Å². The maximum atomic E-state index is 13.3. The van der Waals surface area contributed by atoms with Crippen LogP contribution < -0.4 is 15.8 Å². The van der Waals surface area contributed by atoms with Gasteiger partial charge in [-0.3, -0.25) is 4.79 Å². The van der Waals surface area contributed by atoms with Crippen LogP contribution in [0.4, 0.5) is 24.5 Å². The number of nitrogens with one attached hydrogen (secondary N) is 2. The number of benzene rings is 3. The van der Waals surface area contributed by atoms with Crippen LogP contribution in [0.5, 0.6) is 5.75 Å². The van der Waals surface area contributed by atoms with Crippen LogP contribution in [0.1, 0.15) is 0 Å². The molecule has 3 N–H and O–H groups in total. The van der Waals surface area contributed by atoms with Crippen LogP contribution in [0.3, 0.4) is 0 Å². The molecule has 176 valence electrons. The van der Waals surface area contributed by atoms with Gasteiger partial charge in [0.1, 0.15) is 11.8 Å². The molecule has 10 heteroatoms. The molecule has 0 saturated heterocycles. The second-order valence-corrected chi connectivity index (χ2v) is 7.78. The van der Waals surface area contributed by atoms with E-state index >= 15 is 0 Å². The molecule has 1 aliphatic heterocycles. The van der Waals surface area contributed by atoms with Gasteiger partial charge >= 0.3 is 6.18 Å². The highest BCUT2D eigenvalue weighted by Gasteiger charge is 2.44. The van der Waals surface area contributed by atoms with E-state index in [2.05, 4.69) is 10.7 Å². The van der Waals surface area contributed by atoms with Crippen molar-refractivity contribution in [3.63, 3.8) is 0 Å². The van der Waals surface area contributed by atoms with Gasteiger partial charge in [-0.05, 0) is 35.4 Å². The molecule has 0 aliphatic carbocycles. The Hall–Kier alpha value is -3.69. The van der Waals surface area contributed by atoms with Crippen LogP contribution in [0.2, 0.25) is 5.02 Å². The molecule has 3 aromatic carbocycles. The zero-order chi connectivity index (χ0) is 24.3. The van der Waals surface area contributed by atoms with Crippen LogP contribution in [0.25, 0.3) is 11.1 Å². The first kappa shape index (κ1) is 23.5. The fraction of sp³-hybridized carbons (Fsp3) is 0.125. The number of hydrogen-bond acceptors (Lipinski definition) is 5. The number of phenols is 1. The fourth-order valence-electron chi connectivity index (χ4n) is 3.33. The number of carbonyl (C=O) groups excluding carboxylic acids is 1. The molecule has 0 aromatic heterocycles. The average Bonchev–Trinajstić information content (AvgIpc) is 3.25. The Morgan fingerprint density at radius 2 is 1.76 bits per heavy atom. The Morgan fingerprint density at radius 3 is 2.47 bits per heavy atom. The van der Waals surface area contributed by atoms with E-state index in [1.807, 2.05) is 30.3 Å². The Morgan fingerprint density at radius 1 is 1.06 bits per heavy atom. The predicted molar refractivity (Wildman–Crippen MR) is 123 cm³/mol. The van der Waals surface area contributed by atoms with Crippen molar-refractivity contribution in [2.45, 2.75) is 12.2 Å². The molecule has 1 atom stereocenters. The number of phenolic OH excluding ortho intramolecular Hbond substituents is 1. The molecular weight excluding hydrogens is 471 g/mol. The standard InChI is InChI=1S/C24H19ClF3N3O3/c25-17-8-4-5-9-19(17)31-23(13-21(30-31)24(26,27)28)34-14-22(33)29-18-12-16(10-11-20(18)32)15-6-2-1-3-7-15/h1-13,21,30,32H,14H2,(H,29,33). The normalized spacial score (nSPS) is 15.7. The zero-order valence-corrected chi connectivity index (χ0v) is 18.3. The minimum Gasteiger partial charge on any atom is -0.506 e. The summed E-state index contributed by atoms with van der Waals surface area (Å²) in [6.45, 7) is -0.603. The summed E-state index contributed by atoms with van der Waals surface area (Å²) < 4.78 is 45.3. The number of amides is 1.